The van der Waals surface area contributed by atoms with E-state index in [4.69, 9.17) is 4.99 Å². The van der Waals surface area contributed by atoms with Gasteiger partial charge in [-0.2, -0.15) is 0 Å². The summed E-state index contributed by atoms with van der Waals surface area (Å²) < 4.78 is 1.58. The number of pyridine rings is 1. The number of likely N-dealkylation sites (tertiary alicyclic amines) is 1. The molecule has 28 heavy (non-hydrogen) atoms. The van der Waals surface area contributed by atoms with Gasteiger partial charge in [0.25, 0.3) is 0 Å². The molecule has 6 nitrogen and oxygen atoms in total. The van der Waals surface area contributed by atoms with Gasteiger partial charge in [0, 0.05) is 19.2 Å². The molecule has 4 rings (SSSR count). The van der Waals surface area contributed by atoms with Crippen molar-refractivity contribution in [2.75, 3.05) is 6.54 Å². The van der Waals surface area contributed by atoms with E-state index in [1.165, 1.54) is 24.2 Å². The number of carbonyl (C=O) groups is 3. The summed E-state index contributed by atoms with van der Waals surface area (Å²) in [6.45, 7) is 0.175. The Morgan fingerprint density at radius 1 is 0.929 bits per heavy atom. The molecule has 1 aliphatic heterocycles. The largest absolute Gasteiger partial charge is 0.282 e. The summed E-state index contributed by atoms with van der Waals surface area (Å²) in [6.07, 6.45) is 11.3. The Bertz CT molecular complexity index is 798. The maximum atomic E-state index is 12.8. The summed E-state index contributed by atoms with van der Waals surface area (Å²) in [5, 5.41) is 0. The molecule has 2 atom stereocenters. The van der Waals surface area contributed by atoms with Gasteiger partial charge in [-0.05, 0) is 37.8 Å². The highest BCUT2D eigenvalue weighted by Gasteiger charge is 2.47. The lowest BCUT2D eigenvalue weighted by molar-refractivity contribution is -0.139. The number of aromatic nitrogens is 1. The highest BCUT2D eigenvalue weighted by Crippen LogP contribution is 2.37. The molecule has 1 aromatic heterocycles. The summed E-state index contributed by atoms with van der Waals surface area (Å²) in [6, 6.07) is 5.86. The van der Waals surface area contributed by atoms with Crippen molar-refractivity contribution in [2.45, 2.75) is 70.3 Å². The SMILES string of the molecule is O=C1C2CCCCC2C(=O)N1CCC(=O)n1ccccc1=NC1CCCCC1. The molecule has 3 aliphatic rings. The second-order valence-electron chi connectivity index (χ2n) is 8.32. The first-order chi connectivity index (χ1) is 13.6. The van der Waals surface area contributed by atoms with Crippen molar-refractivity contribution in [3.05, 3.63) is 29.9 Å². The number of hydrogen-bond donors (Lipinski definition) is 0. The number of carbonyl (C=O) groups excluding carboxylic acids is 3. The van der Waals surface area contributed by atoms with E-state index in [0.717, 1.165) is 38.5 Å². The first kappa shape index (κ1) is 19.1. The summed E-state index contributed by atoms with van der Waals surface area (Å²) in [5.41, 5.74) is 0.673. The highest BCUT2D eigenvalue weighted by atomic mass is 16.2. The standard InChI is InChI=1S/C22H29N3O3/c26-20(13-15-25-21(27)17-10-4-5-11-18(17)22(25)28)24-14-7-6-12-19(24)23-16-8-2-1-3-9-16/h6-7,12,14,16-18H,1-5,8-11,13,15H2. The van der Waals surface area contributed by atoms with E-state index in [2.05, 4.69) is 0 Å². The molecule has 0 aromatic carbocycles. The van der Waals surface area contributed by atoms with Crippen LogP contribution in [0.2, 0.25) is 0 Å². The molecule has 1 aromatic rings. The Morgan fingerprint density at radius 3 is 2.25 bits per heavy atom. The average molecular weight is 383 g/mol. The minimum absolute atomic E-state index is 0.0762. The summed E-state index contributed by atoms with van der Waals surface area (Å²) in [7, 11) is 0. The van der Waals surface area contributed by atoms with Crippen LogP contribution in [0.4, 0.5) is 0 Å². The molecular weight excluding hydrogens is 354 g/mol. The van der Waals surface area contributed by atoms with E-state index in [1.54, 1.807) is 10.8 Å². The fourth-order valence-electron chi connectivity index (χ4n) is 4.93. The lowest BCUT2D eigenvalue weighted by Crippen LogP contribution is -2.35. The zero-order valence-corrected chi connectivity index (χ0v) is 16.4. The molecule has 0 N–H and O–H groups in total. The van der Waals surface area contributed by atoms with Crippen LogP contribution in [-0.2, 0) is 9.59 Å². The van der Waals surface area contributed by atoms with Gasteiger partial charge in [-0.25, -0.2) is 0 Å². The maximum absolute atomic E-state index is 12.8. The summed E-state index contributed by atoms with van der Waals surface area (Å²) in [5.74, 6) is -0.582. The number of imide groups is 1. The smallest absolute Gasteiger partial charge is 0.234 e. The zero-order chi connectivity index (χ0) is 19.5. The number of fused-ring (bicyclic) bond motifs is 1. The van der Waals surface area contributed by atoms with Gasteiger partial charge in [0.2, 0.25) is 17.7 Å². The van der Waals surface area contributed by atoms with Crippen molar-refractivity contribution in [2.24, 2.45) is 16.8 Å². The van der Waals surface area contributed by atoms with E-state index in [9.17, 15) is 14.4 Å². The van der Waals surface area contributed by atoms with Crippen LogP contribution in [0.5, 0.6) is 0 Å². The topological polar surface area (TPSA) is 71.7 Å². The Kier molecular flexibility index (Phi) is 5.74. The normalized spacial score (nSPS) is 26.6. The number of hydrogen-bond acceptors (Lipinski definition) is 4. The molecular formula is C22H29N3O3. The molecule has 0 radical (unpaired) electrons. The number of nitrogens with zero attached hydrogens (tertiary/aromatic N) is 3. The fraction of sp³-hybridized carbons (Fsp3) is 0.636. The van der Waals surface area contributed by atoms with Crippen molar-refractivity contribution in [1.82, 2.24) is 9.47 Å². The van der Waals surface area contributed by atoms with Crippen molar-refractivity contribution < 1.29 is 14.4 Å². The molecule has 2 aliphatic carbocycles. The van der Waals surface area contributed by atoms with E-state index in [1.807, 2.05) is 18.2 Å². The van der Waals surface area contributed by atoms with E-state index in [0.29, 0.717) is 5.49 Å². The molecule has 0 spiro atoms. The molecule has 6 heteroatoms. The Morgan fingerprint density at radius 2 is 1.57 bits per heavy atom. The van der Waals surface area contributed by atoms with Crippen LogP contribution in [0.1, 0.15) is 69.0 Å². The Hall–Kier alpha value is -2.24. The molecule has 2 heterocycles. The van der Waals surface area contributed by atoms with Crippen molar-refractivity contribution >= 4 is 17.7 Å². The van der Waals surface area contributed by atoms with Gasteiger partial charge in [0.1, 0.15) is 5.49 Å². The van der Waals surface area contributed by atoms with Gasteiger partial charge in [-0.15, -0.1) is 0 Å². The Balaban J connectivity index is 1.45. The lowest BCUT2D eigenvalue weighted by Gasteiger charge is -2.19. The fourth-order valence-corrected chi connectivity index (χ4v) is 4.93. The summed E-state index contributed by atoms with van der Waals surface area (Å²) in [4.78, 5) is 44.2. The van der Waals surface area contributed by atoms with Crippen LogP contribution in [-0.4, -0.2) is 39.8 Å². The molecule has 150 valence electrons. The Labute approximate surface area is 165 Å². The second kappa shape index (κ2) is 8.41. The second-order valence-corrected chi connectivity index (χ2v) is 8.32. The molecule has 2 saturated carbocycles. The third-order valence-electron chi connectivity index (χ3n) is 6.48. The molecule has 0 bridgehead atoms. The average Bonchev–Trinajstić information content (AvgIpc) is 2.98. The van der Waals surface area contributed by atoms with Gasteiger partial charge in [-0.1, -0.05) is 38.2 Å². The quantitative estimate of drug-likeness (QED) is 0.751. The van der Waals surface area contributed by atoms with Crippen LogP contribution in [0.15, 0.2) is 29.4 Å². The van der Waals surface area contributed by atoms with Gasteiger partial charge in [0.15, 0.2) is 0 Å². The minimum atomic E-state index is -0.155. The number of rotatable bonds is 4. The molecule has 2 amide bonds. The van der Waals surface area contributed by atoms with Gasteiger partial charge >= 0.3 is 0 Å². The van der Waals surface area contributed by atoms with Crippen LogP contribution < -0.4 is 5.49 Å². The van der Waals surface area contributed by atoms with Gasteiger partial charge in [-0.3, -0.25) is 28.8 Å². The summed E-state index contributed by atoms with van der Waals surface area (Å²) >= 11 is 0. The van der Waals surface area contributed by atoms with E-state index < -0.39 is 0 Å². The minimum Gasteiger partial charge on any atom is -0.282 e. The van der Waals surface area contributed by atoms with Crippen molar-refractivity contribution in [3.63, 3.8) is 0 Å². The van der Waals surface area contributed by atoms with Crippen LogP contribution in [0, 0.1) is 11.8 Å². The third-order valence-corrected chi connectivity index (χ3v) is 6.48. The maximum Gasteiger partial charge on any atom is 0.234 e. The monoisotopic (exact) mass is 383 g/mol. The highest BCUT2D eigenvalue weighted by molar-refractivity contribution is 6.05. The van der Waals surface area contributed by atoms with Crippen LogP contribution in [0.3, 0.4) is 0 Å². The zero-order valence-electron chi connectivity index (χ0n) is 16.4. The predicted octanol–water partition coefficient (Wildman–Crippen LogP) is 2.93. The third kappa shape index (κ3) is 3.82. The molecule has 3 fully saturated rings. The van der Waals surface area contributed by atoms with E-state index >= 15 is 0 Å². The first-order valence-corrected chi connectivity index (χ1v) is 10.7. The van der Waals surface area contributed by atoms with Crippen molar-refractivity contribution in [3.8, 4) is 0 Å². The predicted molar refractivity (Wildman–Crippen MR) is 104 cm³/mol. The first-order valence-electron chi connectivity index (χ1n) is 10.7. The van der Waals surface area contributed by atoms with Crippen LogP contribution >= 0.6 is 0 Å². The molecule has 1 saturated heterocycles. The van der Waals surface area contributed by atoms with Crippen LogP contribution in [0.25, 0.3) is 0 Å². The lowest BCUT2D eigenvalue weighted by atomic mass is 9.81. The number of amides is 2. The molecule has 2 unspecified atom stereocenters. The van der Waals surface area contributed by atoms with Crippen molar-refractivity contribution in [1.29, 1.82) is 0 Å². The van der Waals surface area contributed by atoms with E-state index in [-0.39, 0.29) is 48.6 Å². The van der Waals surface area contributed by atoms with Gasteiger partial charge in [0.05, 0.1) is 17.9 Å². The van der Waals surface area contributed by atoms with Gasteiger partial charge < -0.3 is 0 Å².